The minimum Gasteiger partial charge on any atom is -0.354 e. The van der Waals surface area contributed by atoms with E-state index in [4.69, 9.17) is 5.73 Å². The fourth-order valence-electron chi connectivity index (χ4n) is 2.41. The van der Waals surface area contributed by atoms with Crippen LogP contribution < -0.4 is 11.1 Å². The predicted molar refractivity (Wildman–Crippen MR) is 88.2 cm³/mol. The summed E-state index contributed by atoms with van der Waals surface area (Å²) in [5, 5.41) is 3.01. The largest absolute Gasteiger partial charge is 0.354 e. The van der Waals surface area contributed by atoms with Crippen molar-refractivity contribution in [3.8, 4) is 0 Å². The predicted octanol–water partition coefficient (Wildman–Crippen LogP) is 3.15. The van der Waals surface area contributed by atoms with E-state index < -0.39 is 0 Å². The molecule has 1 aromatic carbocycles. The van der Waals surface area contributed by atoms with Gasteiger partial charge < -0.3 is 11.1 Å². The molecule has 0 spiro atoms. The molecule has 1 fully saturated rings. The van der Waals surface area contributed by atoms with Crippen molar-refractivity contribution in [1.82, 2.24) is 5.32 Å². The zero-order valence-corrected chi connectivity index (χ0v) is 14.1. The van der Waals surface area contributed by atoms with Crippen LogP contribution in [0.4, 0.5) is 0 Å². The molecule has 1 unspecified atom stereocenters. The van der Waals surface area contributed by atoms with Crippen molar-refractivity contribution in [3.63, 3.8) is 0 Å². The molecule has 1 amide bonds. The van der Waals surface area contributed by atoms with E-state index in [1.54, 1.807) is 0 Å². The summed E-state index contributed by atoms with van der Waals surface area (Å²) in [7, 11) is 0. The highest BCUT2D eigenvalue weighted by Crippen LogP contribution is 2.49. The van der Waals surface area contributed by atoms with Gasteiger partial charge in [-0.25, -0.2) is 0 Å². The first-order valence-corrected chi connectivity index (χ1v) is 7.67. The Morgan fingerprint density at radius 2 is 2.10 bits per heavy atom. The number of amides is 1. The van der Waals surface area contributed by atoms with Gasteiger partial charge in [0, 0.05) is 16.4 Å². The molecule has 0 heterocycles. The average molecular weight is 362 g/mol. The molecule has 0 aliphatic heterocycles. The van der Waals surface area contributed by atoms with Crippen LogP contribution in [0.1, 0.15) is 38.2 Å². The Kier molecular flexibility index (Phi) is 6.49. The first-order chi connectivity index (χ1) is 9.09. The van der Waals surface area contributed by atoms with Crippen molar-refractivity contribution in [3.05, 3.63) is 34.3 Å². The molecule has 112 valence electrons. The number of carbonyl (C=O) groups excluding carboxylic acids is 1. The lowest BCUT2D eigenvalue weighted by Crippen LogP contribution is -2.43. The third-order valence-corrected chi connectivity index (χ3v) is 4.53. The van der Waals surface area contributed by atoms with E-state index in [1.807, 2.05) is 19.1 Å². The van der Waals surface area contributed by atoms with Crippen molar-refractivity contribution in [1.29, 1.82) is 0 Å². The van der Waals surface area contributed by atoms with Gasteiger partial charge in [0.1, 0.15) is 0 Å². The second-order valence-electron chi connectivity index (χ2n) is 5.37. The zero-order chi connectivity index (χ0) is 13.9. The number of halogens is 2. The van der Waals surface area contributed by atoms with Crippen molar-refractivity contribution in [2.75, 3.05) is 6.54 Å². The van der Waals surface area contributed by atoms with E-state index >= 15 is 0 Å². The van der Waals surface area contributed by atoms with E-state index in [1.165, 1.54) is 5.56 Å². The third kappa shape index (κ3) is 3.96. The molecule has 3 nitrogen and oxygen atoms in total. The van der Waals surface area contributed by atoms with Crippen LogP contribution >= 0.6 is 28.3 Å². The maximum absolute atomic E-state index is 11.9. The normalized spacial score (nSPS) is 16.9. The number of nitrogens with one attached hydrogen (secondary N) is 1. The summed E-state index contributed by atoms with van der Waals surface area (Å²) in [6.07, 6.45) is 3.93. The van der Waals surface area contributed by atoms with Crippen LogP contribution in [0.15, 0.2) is 28.7 Å². The Hall–Kier alpha value is -0.580. The fraction of sp³-hybridized carbons (Fsp3) is 0.533. The Morgan fingerprint density at radius 3 is 2.65 bits per heavy atom. The molecule has 3 N–H and O–H groups in total. The SMILES string of the molecule is CCCC(N)C(=O)NCC1(c2ccccc2Br)CC1.Cl. The van der Waals surface area contributed by atoms with E-state index in [9.17, 15) is 4.79 Å². The minimum atomic E-state index is -0.375. The van der Waals surface area contributed by atoms with E-state index in [2.05, 4.69) is 33.4 Å². The van der Waals surface area contributed by atoms with Gasteiger partial charge in [-0.3, -0.25) is 4.79 Å². The summed E-state index contributed by atoms with van der Waals surface area (Å²) in [4.78, 5) is 11.9. The van der Waals surface area contributed by atoms with E-state index in [-0.39, 0.29) is 29.8 Å². The second kappa shape index (κ2) is 7.43. The first kappa shape index (κ1) is 17.5. The highest BCUT2D eigenvalue weighted by Gasteiger charge is 2.45. The van der Waals surface area contributed by atoms with Gasteiger partial charge in [-0.15, -0.1) is 12.4 Å². The van der Waals surface area contributed by atoms with Gasteiger partial charge in [-0.2, -0.15) is 0 Å². The maximum Gasteiger partial charge on any atom is 0.236 e. The molecule has 0 bridgehead atoms. The molecule has 0 radical (unpaired) electrons. The summed E-state index contributed by atoms with van der Waals surface area (Å²) in [5.74, 6) is -0.0276. The van der Waals surface area contributed by atoms with Crippen molar-refractivity contribution >= 4 is 34.2 Å². The molecule has 1 aliphatic rings. The monoisotopic (exact) mass is 360 g/mol. The molecule has 1 aromatic rings. The number of benzene rings is 1. The van der Waals surface area contributed by atoms with Crippen molar-refractivity contribution < 1.29 is 4.79 Å². The third-order valence-electron chi connectivity index (χ3n) is 3.84. The van der Waals surface area contributed by atoms with Crippen molar-refractivity contribution in [2.24, 2.45) is 5.73 Å². The quantitative estimate of drug-likeness (QED) is 0.818. The number of rotatable bonds is 6. The zero-order valence-electron chi connectivity index (χ0n) is 11.7. The number of hydrogen-bond donors (Lipinski definition) is 2. The van der Waals surface area contributed by atoms with Gasteiger partial charge >= 0.3 is 0 Å². The lowest BCUT2D eigenvalue weighted by Gasteiger charge is -2.19. The van der Waals surface area contributed by atoms with Crippen molar-refractivity contribution in [2.45, 2.75) is 44.1 Å². The summed E-state index contributed by atoms with van der Waals surface area (Å²) in [5.41, 5.74) is 7.23. The van der Waals surface area contributed by atoms with Gasteiger partial charge in [0.2, 0.25) is 5.91 Å². The topological polar surface area (TPSA) is 55.1 Å². The minimum absolute atomic E-state index is 0. The molecule has 0 aromatic heterocycles. The first-order valence-electron chi connectivity index (χ1n) is 6.87. The number of carbonyl (C=O) groups is 1. The Morgan fingerprint density at radius 1 is 1.45 bits per heavy atom. The van der Waals surface area contributed by atoms with Crippen LogP contribution in [0, 0.1) is 0 Å². The summed E-state index contributed by atoms with van der Waals surface area (Å²) in [6.45, 7) is 2.72. The van der Waals surface area contributed by atoms with E-state index in [0.29, 0.717) is 6.54 Å². The molecule has 1 saturated carbocycles. The van der Waals surface area contributed by atoms with Gasteiger partial charge in [0.05, 0.1) is 6.04 Å². The van der Waals surface area contributed by atoms with E-state index in [0.717, 1.165) is 30.2 Å². The highest BCUT2D eigenvalue weighted by molar-refractivity contribution is 9.10. The number of nitrogens with two attached hydrogens (primary N) is 1. The van der Waals surface area contributed by atoms with Gasteiger partial charge in [-0.1, -0.05) is 47.5 Å². The van der Waals surface area contributed by atoms with Crippen LogP contribution in [0.25, 0.3) is 0 Å². The molecule has 1 aliphatic carbocycles. The Labute approximate surface area is 135 Å². The standard InChI is InChI=1S/C15H21BrN2O.ClH/c1-2-5-13(17)14(19)18-10-15(8-9-15)11-6-3-4-7-12(11)16;/h3-4,6-7,13H,2,5,8-10,17H2,1H3,(H,18,19);1H. The van der Waals surface area contributed by atoms with Crippen LogP contribution in [-0.4, -0.2) is 18.5 Å². The van der Waals surface area contributed by atoms with Crippen LogP contribution in [-0.2, 0) is 10.2 Å². The summed E-state index contributed by atoms with van der Waals surface area (Å²) in [6, 6.07) is 7.87. The molecule has 20 heavy (non-hydrogen) atoms. The lowest BCUT2D eigenvalue weighted by molar-refractivity contribution is -0.122. The smallest absolute Gasteiger partial charge is 0.236 e. The second-order valence-corrected chi connectivity index (χ2v) is 6.23. The summed E-state index contributed by atoms with van der Waals surface area (Å²) >= 11 is 3.60. The van der Waals surface area contributed by atoms with Crippen LogP contribution in [0.2, 0.25) is 0 Å². The van der Waals surface area contributed by atoms with Gasteiger partial charge in [-0.05, 0) is 30.9 Å². The highest BCUT2D eigenvalue weighted by atomic mass is 79.9. The van der Waals surface area contributed by atoms with Crippen LogP contribution in [0.5, 0.6) is 0 Å². The molecule has 1 atom stereocenters. The Bertz CT molecular complexity index is 463. The van der Waals surface area contributed by atoms with Crippen LogP contribution in [0.3, 0.4) is 0 Å². The Balaban J connectivity index is 0.00000200. The molecule has 5 heteroatoms. The van der Waals surface area contributed by atoms with Gasteiger partial charge in [0.25, 0.3) is 0 Å². The molecular formula is C15H22BrClN2O. The fourth-order valence-corrected chi connectivity index (χ4v) is 3.12. The number of hydrogen-bond acceptors (Lipinski definition) is 2. The lowest BCUT2D eigenvalue weighted by atomic mass is 9.96. The molecule has 2 rings (SSSR count). The van der Waals surface area contributed by atoms with Gasteiger partial charge in [0.15, 0.2) is 0 Å². The molecule has 0 saturated heterocycles. The maximum atomic E-state index is 11.9. The molecular weight excluding hydrogens is 340 g/mol. The average Bonchev–Trinajstić information content (AvgIpc) is 3.18. The summed E-state index contributed by atoms with van der Waals surface area (Å²) < 4.78 is 1.12.